The summed E-state index contributed by atoms with van der Waals surface area (Å²) >= 11 is 0. The van der Waals surface area contributed by atoms with Crippen molar-refractivity contribution in [1.82, 2.24) is 19.9 Å². The number of hydrogen-bond acceptors (Lipinski definition) is 14. The molecule has 4 saturated carbocycles. The zero-order valence-corrected chi connectivity index (χ0v) is 69.1. The van der Waals surface area contributed by atoms with E-state index in [9.17, 15) is 19.2 Å². The van der Waals surface area contributed by atoms with E-state index in [0.29, 0.717) is 127 Å². The van der Waals surface area contributed by atoms with Crippen LogP contribution in [-0.4, -0.2) is 93.9 Å². The largest absolute Gasteiger partial charge is 0.465 e. The second-order valence-electron chi connectivity index (χ2n) is 37.2. The molecule has 10 aliphatic rings. The first-order valence-corrected chi connectivity index (χ1v) is 42.0. The number of nitrogens with one attached hydrogen (secondary N) is 6. The third kappa shape index (κ3) is 17.7. The summed E-state index contributed by atoms with van der Waals surface area (Å²) < 4.78 is 23.4. The minimum absolute atomic E-state index is 0.197. The molecule has 116 heavy (non-hydrogen) atoms. The van der Waals surface area contributed by atoms with Crippen LogP contribution in [0.3, 0.4) is 0 Å². The van der Waals surface area contributed by atoms with Crippen LogP contribution >= 0.6 is 0 Å². The fourth-order valence-electron chi connectivity index (χ4n) is 16.5. The molecule has 20 heteroatoms. The van der Waals surface area contributed by atoms with Gasteiger partial charge in [-0.2, -0.15) is 0 Å². The SMILES string of the molecule is CC(C)(C)c1cc(-c2c3nc(c4c5ccc([nH]5)c(-c5cc(C(C)(C)C)cc(C(C)(C)C)c5)c5nc(c(c6ccc2[nH]6)-c2c6cccc2NC(=O)[C@H]2C[C@H]2C(=O)OCCCCCCCCOC(=O)[C@H]2CC2C(=O)Nc2cccc(c2-4)NC(=O)[C@H]2C[C@H]2C(=O)OCCCCCCCCOC(=O)[C@H]2CC2C(=O)N6)C=C5)C=C3)cc(C(C)(C)C)c1. The molecule has 3 aromatic heterocycles. The Kier molecular flexibility index (Phi) is 22.4. The third-order valence-corrected chi connectivity index (χ3v) is 24.1. The zero-order chi connectivity index (χ0) is 81.9. The lowest BCUT2D eigenvalue weighted by Crippen LogP contribution is -2.21. The maximum atomic E-state index is 15.2. The fraction of sp³-hybridized carbons (Fsp3) is 0.458. The number of anilines is 4. The molecular formula is C96H110N8O12. The van der Waals surface area contributed by atoms with Crippen molar-refractivity contribution in [3.8, 4) is 44.5 Å². The number of hydrogen-bond donors (Lipinski definition) is 6. The molecule has 4 aromatic carbocycles. The molecule has 20 nitrogen and oxygen atoms in total. The van der Waals surface area contributed by atoms with E-state index in [-0.39, 0.29) is 73.8 Å². The number of ether oxygens (including phenoxy) is 4. The minimum Gasteiger partial charge on any atom is -0.465 e. The molecule has 2 unspecified atom stereocenters. The quantitative estimate of drug-likeness (QED) is 0.0694. The van der Waals surface area contributed by atoms with Gasteiger partial charge in [0.05, 0.1) is 119 Å². The van der Waals surface area contributed by atoms with Crippen LogP contribution < -0.4 is 21.3 Å². The number of aromatic nitrogens is 4. The van der Waals surface area contributed by atoms with Crippen LogP contribution in [0.1, 0.15) is 231 Å². The summed E-state index contributed by atoms with van der Waals surface area (Å²) in [5, 5.41) is 13.1. The van der Waals surface area contributed by atoms with E-state index in [4.69, 9.17) is 28.9 Å². The van der Waals surface area contributed by atoms with Crippen LogP contribution in [0.15, 0.2) is 97.1 Å². The third-order valence-electron chi connectivity index (χ3n) is 24.1. The number of H-pyrrole nitrogens is 2. The number of carbonyl (C=O) groups is 8. The van der Waals surface area contributed by atoms with Crippen LogP contribution in [-0.2, 0) is 79.0 Å². The highest BCUT2D eigenvalue weighted by atomic mass is 16.5. The molecule has 4 fully saturated rings. The van der Waals surface area contributed by atoms with E-state index >= 15 is 19.2 Å². The van der Waals surface area contributed by atoms with Crippen molar-refractivity contribution in [1.29, 1.82) is 0 Å². The summed E-state index contributed by atoms with van der Waals surface area (Å²) in [6, 6.07) is 32.0. The van der Waals surface area contributed by atoms with Crippen molar-refractivity contribution in [3.63, 3.8) is 0 Å². The minimum atomic E-state index is -0.719. The standard InChI is InChI=1S/C96H110N8O12/c1-93(2,3)55-43-53(44-56(47-55)94(4,5)6)79-71-31-35-75(97-71)83-77-37-33-73(99-77)80(54-45-57(95(7,8)9)48-58(46-54)96(10,11)12)74-34-38-78(100-74)84(76-36-32-72(79)98-76)82-68-28-26-30-70(82)104-88(108)62-52-66(62)92(112)116-42-24-20-16-15-19-23-41-115-91(111)65-51-61(65)87(107)103-69-29-25-27-67(81(69)83)101-85(105)59-49-63(59)89(109)113-39-21-17-13-14-18-22-40-114-90(110)64-50-60(64)86(106)102-68/h25-38,43-48,59-66,97,100H,13-24,39-42,49-52H2,1-12H3,(H,101,105)(H,102,106)(H,103,107)(H,104,108)/t59-,60?,61?,62-,63+,64-,65-,66+/m0/s1. The highest BCUT2D eigenvalue weighted by Gasteiger charge is 2.53. The van der Waals surface area contributed by atoms with Gasteiger partial charge in [-0.05, 0) is 179 Å². The first kappa shape index (κ1) is 80.4. The molecule has 4 amide bonds. The molecule has 17 rings (SSSR count). The Morgan fingerprint density at radius 1 is 0.284 bits per heavy atom. The first-order chi connectivity index (χ1) is 55.3. The van der Waals surface area contributed by atoms with Crippen LogP contribution in [0.5, 0.6) is 0 Å². The highest BCUT2D eigenvalue weighted by Crippen LogP contribution is 2.51. The Morgan fingerprint density at radius 2 is 0.517 bits per heavy atom. The van der Waals surface area contributed by atoms with E-state index in [1.165, 1.54) is 0 Å². The Hall–Kier alpha value is -10.8. The van der Waals surface area contributed by atoms with Crippen LogP contribution in [0.2, 0.25) is 0 Å². The fourth-order valence-corrected chi connectivity index (χ4v) is 16.5. The molecule has 4 aliphatic carbocycles. The molecular weight excluding hydrogens is 1460 g/mol. The second kappa shape index (κ2) is 32.4. The average molecular weight is 1570 g/mol. The van der Waals surface area contributed by atoms with Crippen molar-refractivity contribution >= 4 is 117 Å². The average Bonchev–Trinajstić information content (AvgIpc) is 1.56. The summed E-state index contributed by atoms with van der Waals surface area (Å²) in [5.41, 5.74) is 13.3. The summed E-state index contributed by atoms with van der Waals surface area (Å²) in [7, 11) is 0. The number of benzene rings is 4. The highest BCUT2D eigenvalue weighted by molar-refractivity contribution is 6.13. The maximum absolute atomic E-state index is 15.2. The number of esters is 4. The summed E-state index contributed by atoms with van der Waals surface area (Å²) in [5.74, 6) is -8.97. The molecule has 7 aromatic rings. The Morgan fingerprint density at radius 3 is 0.767 bits per heavy atom. The van der Waals surface area contributed by atoms with Crippen molar-refractivity contribution in [2.24, 2.45) is 47.3 Å². The lowest BCUT2D eigenvalue weighted by atomic mass is 9.78. The van der Waals surface area contributed by atoms with Crippen LogP contribution in [0.4, 0.5) is 22.7 Å². The molecule has 0 spiro atoms. The van der Waals surface area contributed by atoms with Crippen LogP contribution in [0, 0.1) is 47.3 Å². The molecule has 12 bridgehead atoms. The zero-order valence-electron chi connectivity index (χ0n) is 69.1. The summed E-state index contributed by atoms with van der Waals surface area (Å²) in [6.45, 7) is 27.1. The van der Waals surface area contributed by atoms with Gasteiger partial charge in [-0.3, -0.25) is 38.4 Å². The predicted octanol–water partition coefficient (Wildman–Crippen LogP) is 19.7. The number of nitrogens with zero attached hydrogens (tertiary/aromatic N) is 2. The van der Waals surface area contributed by atoms with Gasteiger partial charge in [-0.15, -0.1) is 0 Å². The molecule has 6 aliphatic heterocycles. The number of aromatic amines is 2. The van der Waals surface area contributed by atoms with Crippen molar-refractivity contribution in [3.05, 3.63) is 142 Å². The van der Waals surface area contributed by atoms with Gasteiger partial charge in [0.25, 0.3) is 0 Å². The molecule has 8 atom stereocenters. The number of amides is 4. The molecule has 0 saturated heterocycles. The lowest BCUT2D eigenvalue weighted by Gasteiger charge is -2.26. The molecule has 6 N–H and O–H groups in total. The number of rotatable bonds is 2. The monoisotopic (exact) mass is 1570 g/mol. The first-order valence-electron chi connectivity index (χ1n) is 42.0. The Bertz CT molecular complexity index is 4820. The topological polar surface area (TPSA) is 279 Å². The van der Waals surface area contributed by atoms with Gasteiger partial charge < -0.3 is 50.2 Å². The van der Waals surface area contributed by atoms with Crippen molar-refractivity contribution in [2.45, 2.75) is 207 Å². The smallest absolute Gasteiger partial charge is 0.309 e. The van der Waals surface area contributed by atoms with E-state index in [1.54, 1.807) is 36.4 Å². The summed E-state index contributed by atoms with van der Waals surface area (Å²) in [4.78, 5) is 136. The predicted molar refractivity (Wildman–Crippen MR) is 456 cm³/mol. The molecule has 606 valence electrons. The van der Waals surface area contributed by atoms with Gasteiger partial charge in [0.15, 0.2) is 0 Å². The number of fused-ring (bicyclic) bond motifs is 26. The Balaban J connectivity index is 1.05. The van der Waals surface area contributed by atoms with Crippen LogP contribution in [0.25, 0.3) is 90.9 Å². The normalized spacial score (nSPS) is 22.9. The van der Waals surface area contributed by atoms with E-state index in [0.717, 1.165) is 84.7 Å². The van der Waals surface area contributed by atoms with Gasteiger partial charge in [0.1, 0.15) is 0 Å². The second-order valence-corrected chi connectivity index (χ2v) is 37.2. The van der Waals surface area contributed by atoms with Gasteiger partial charge in [0.2, 0.25) is 23.6 Å². The van der Waals surface area contributed by atoms with Crippen molar-refractivity contribution in [2.75, 3.05) is 47.7 Å². The Labute approximate surface area is 679 Å². The molecule has 9 heterocycles. The van der Waals surface area contributed by atoms with Crippen molar-refractivity contribution < 1.29 is 57.3 Å². The van der Waals surface area contributed by atoms with Gasteiger partial charge in [-0.1, -0.05) is 183 Å². The maximum Gasteiger partial charge on any atom is 0.309 e. The van der Waals surface area contributed by atoms with E-state index in [2.05, 4.69) is 151 Å². The molecule has 0 radical (unpaired) electrons. The number of carbonyl (C=O) groups excluding carboxylic acids is 8. The van der Waals surface area contributed by atoms with E-state index in [1.807, 2.05) is 48.6 Å². The van der Waals surface area contributed by atoms with Gasteiger partial charge >= 0.3 is 23.9 Å². The lowest BCUT2D eigenvalue weighted by molar-refractivity contribution is -0.147. The van der Waals surface area contributed by atoms with E-state index < -0.39 is 94.8 Å². The summed E-state index contributed by atoms with van der Waals surface area (Å²) in [6.07, 6.45) is 18.2. The van der Waals surface area contributed by atoms with Gasteiger partial charge in [0, 0.05) is 55.4 Å². The van der Waals surface area contributed by atoms with Gasteiger partial charge in [-0.25, -0.2) is 9.97 Å².